The van der Waals surface area contributed by atoms with Gasteiger partial charge in [-0.05, 0) is 43.4 Å². The van der Waals surface area contributed by atoms with Crippen molar-refractivity contribution >= 4 is 15.9 Å². The van der Waals surface area contributed by atoms with E-state index in [-0.39, 0.29) is 0 Å². The largest absolute Gasteiger partial charge is 0.493 e. The van der Waals surface area contributed by atoms with Gasteiger partial charge in [-0.25, -0.2) is 0 Å². The summed E-state index contributed by atoms with van der Waals surface area (Å²) in [5.41, 5.74) is 4.30. The van der Waals surface area contributed by atoms with E-state index in [9.17, 15) is 0 Å². The Morgan fingerprint density at radius 3 is 3.18 bits per heavy atom. The molecule has 0 unspecified atom stereocenters. The van der Waals surface area contributed by atoms with Crippen LogP contribution in [-0.2, 0) is 12.8 Å². The Balaban J connectivity index is 1.91. The Labute approximate surface area is 112 Å². The first-order valence-electron chi connectivity index (χ1n) is 6.26. The summed E-state index contributed by atoms with van der Waals surface area (Å²) in [6, 6.07) is 6.62. The van der Waals surface area contributed by atoms with Crippen molar-refractivity contribution in [3.8, 4) is 5.75 Å². The van der Waals surface area contributed by atoms with Crippen molar-refractivity contribution in [3.63, 3.8) is 0 Å². The number of fused-ring (bicyclic) bond motifs is 1. The van der Waals surface area contributed by atoms with Crippen LogP contribution in [0.25, 0.3) is 0 Å². The van der Waals surface area contributed by atoms with E-state index >= 15 is 0 Å². The normalized spacial score (nSPS) is 14.6. The number of halogens is 1. The molecular formula is C15H19BrO. The van der Waals surface area contributed by atoms with Crippen LogP contribution in [0.1, 0.15) is 30.9 Å². The molecule has 0 saturated heterocycles. The number of hydrogen-bond acceptors (Lipinski definition) is 1. The summed E-state index contributed by atoms with van der Waals surface area (Å²) in [6.45, 7) is 3.07. The predicted octanol–water partition coefficient (Wildman–Crippen LogP) is 4.29. The lowest BCUT2D eigenvalue weighted by Gasteiger charge is -2.05. The lowest BCUT2D eigenvalue weighted by molar-refractivity contribution is 0.357. The van der Waals surface area contributed by atoms with Crippen molar-refractivity contribution < 1.29 is 4.74 Å². The van der Waals surface area contributed by atoms with Gasteiger partial charge in [0.2, 0.25) is 0 Å². The van der Waals surface area contributed by atoms with Gasteiger partial charge < -0.3 is 4.74 Å². The first kappa shape index (κ1) is 12.7. The van der Waals surface area contributed by atoms with Gasteiger partial charge in [0, 0.05) is 11.8 Å². The molecule has 0 N–H and O–H groups in total. The predicted molar refractivity (Wildman–Crippen MR) is 76.1 cm³/mol. The number of benzene rings is 1. The lowest BCUT2D eigenvalue weighted by atomic mass is 10.0. The molecule has 0 aromatic heterocycles. The second-order valence-electron chi connectivity index (χ2n) is 4.57. The first-order valence-corrected chi connectivity index (χ1v) is 7.38. The van der Waals surface area contributed by atoms with Crippen molar-refractivity contribution in [2.75, 3.05) is 11.9 Å². The highest BCUT2D eigenvalue weighted by Gasteiger charge is 2.11. The molecule has 0 fully saturated rings. The maximum Gasteiger partial charge on any atom is 0.122 e. The summed E-state index contributed by atoms with van der Waals surface area (Å²) in [5.74, 6) is 1.08. The van der Waals surface area contributed by atoms with E-state index in [1.165, 1.54) is 16.7 Å². The molecule has 1 nitrogen and oxygen atoms in total. The standard InChI is InChI=1S/C15H19BrO/c1-12(3-2-9-16)4-5-13-6-7-15-14(11-13)8-10-17-15/h3,6-7,11H,2,4-5,8-10H2,1H3. The maximum atomic E-state index is 5.52. The first-order chi connectivity index (χ1) is 8.29. The molecule has 0 aliphatic carbocycles. The van der Waals surface area contributed by atoms with Gasteiger partial charge in [0.05, 0.1) is 6.61 Å². The van der Waals surface area contributed by atoms with Gasteiger partial charge in [-0.15, -0.1) is 0 Å². The molecule has 1 aliphatic rings. The number of rotatable bonds is 5. The zero-order valence-electron chi connectivity index (χ0n) is 10.3. The number of allylic oxidation sites excluding steroid dienone is 2. The molecule has 1 aliphatic heterocycles. The summed E-state index contributed by atoms with van der Waals surface area (Å²) in [6.07, 6.45) is 6.82. The monoisotopic (exact) mass is 294 g/mol. The highest BCUT2D eigenvalue weighted by Crippen LogP contribution is 2.26. The molecule has 1 heterocycles. The Kier molecular flexibility index (Phi) is 4.66. The van der Waals surface area contributed by atoms with E-state index in [1.54, 1.807) is 0 Å². The number of alkyl halides is 1. The van der Waals surface area contributed by atoms with E-state index in [0.717, 1.165) is 43.4 Å². The van der Waals surface area contributed by atoms with E-state index in [4.69, 9.17) is 4.74 Å². The fraction of sp³-hybridized carbons (Fsp3) is 0.467. The highest BCUT2D eigenvalue weighted by atomic mass is 79.9. The number of hydrogen-bond donors (Lipinski definition) is 0. The molecule has 92 valence electrons. The molecule has 0 atom stereocenters. The minimum absolute atomic E-state index is 0.850. The van der Waals surface area contributed by atoms with Crippen LogP contribution in [-0.4, -0.2) is 11.9 Å². The van der Waals surface area contributed by atoms with Gasteiger partial charge in [-0.2, -0.15) is 0 Å². The lowest BCUT2D eigenvalue weighted by Crippen LogP contribution is -1.89. The average molecular weight is 295 g/mol. The van der Waals surface area contributed by atoms with Gasteiger partial charge in [0.1, 0.15) is 5.75 Å². The third-order valence-electron chi connectivity index (χ3n) is 3.16. The third-order valence-corrected chi connectivity index (χ3v) is 3.62. The van der Waals surface area contributed by atoms with Crippen molar-refractivity contribution in [1.82, 2.24) is 0 Å². The minimum Gasteiger partial charge on any atom is -0.493 e. The van der Waals surface area contributed by atoms with Crippen LogP contribution in [0, 0.1) is 0 Å². The van der Waals surface area contributed by atoms with Crippen LogP contribution in [0.4, 0.5) is 0 Å². The molecule has 1 aromatic rings. The molecular weight excluding hydrogens is 276 g/mol. The second kappa shape index (κ2) is 6.25. The Hall–Kier alpha value is -0.760. The fourth-order valence-corrected chi connectivity index (χ4v) is 2.37. The SMILES string of the molecule is CC(=CCCBr)CCc1ccc2c(c1)CCO2. The van der Waals surface area contributed by atoms with Crippen LogP contribution in [0.2, 0.25) is 0 Å². The molecule has 0 bridgehead atoms. The maximum absolute atomic E-state index is 5.52. The smallest absolute Gasteiger partial charge is 0.122 e. The van der Waals surface area contributed by atoms with E-state index < -0.39 is 0 Å². The summed E-state index contributed by atoms with van der Waals surface area (Å²) in [7, 11) is 0. The van der Waals surface area contributed by atoms with E-state index in [0.29, 0.717) is 0 Å². The van der Waals surface area contributed by atoms with E-state index in [1.807, 2.05) is 0 Å². The second-order valence-corrected chi connectivity index (χ2v) is 5.36. The average Bonchev–Trinajstić information content (AvgIpc) is 2.81. The van der Waals surface area contributed by atoms with Gasteiger partial charge in [0.25, 0.3) is 0 Å². The third kappa shape index (κ3) is 3.60. The molecule has 0 spiro atoms. The van der Waals surface area contributed by atoms with Gasteiger partial charge in [-0.1, -0.05) is 39.7 Å². The molecule has 2 rings (SSSR count). The minimum atomic E-state index is 0.850. The van der Waals surface area contributed by atoms with Crippen LogP contribution in [0.3, 0.4) is 0 Å². The van der Waals surface area contributed by atoms with E-state index in [2.05, 4.69) is 47.1 Å². The summed E-state index contributed by atoms with van der Waals surface area (Å²) < 4.78 is 5.52. The van der Waals surface area contributed by atoms with Crippen LogP contribution in [0.15, 0.2) is 29.8 Å². The van der Waals surface area contributed by atoms with Crippen molar-refractivity contribution in [3.05, 3.63) is 41.0 Å². The fourth-order valence-electron chi connectivity index (χ4n) is 2.14. The zero-order chi connectivity index (χ0) is 12.1. The van der Waals surface area contributed by atoms with Crippen LogP contribution < -0.4 is 4.74 Å². The number of ether oxygens (including phenoxy) is 1. The Morgan fingerprint density at radius 2 is 2.35 bits per heavy atom. The number of aryl methyl sites for hydroxylation is 1. The summed E-state index contributed by atoms with van der Waals surface area (Å²) in [4.78, 5) is 0. The van der Waals surface area contributed by atoms with Crippen molar-refractivity contribution in [2.45, 2.75) is 32.6 Å². The van der Waals surface area contributed by atoms with Crippen LogP contribution in [0.5, 0.6) is 5.75 Å². The van der Waals surface area contributed by atoms with Gasteiger partial charge in [-0.3, -0.25) is 0 Å². The van der Waals surface area contributed by atoms with Crippen LogP contribution >= 0.6 is 15.9 Å². The van der Waals surface area contributed by atoms with Gasteiger partial charge >= 0.3 is 0 Å². The molecule has 2 heteroatoms. The van der Waals surface area contributed by atoms with Crippen molar-refractivity contribution in [1.29, 1.82) is 0 Å². The highest BCUT2D eigenvalue weighted by molar-refractivity contribution is 9.09. The molecule has 0 amide bonds. The summed E-state index contributed by atoms with van der Waals surface area (Å²) >= 11 is 3.45. The van der Waals surface area contributed by atoms with Gasteiger partial charge in [0.15, 0.2) is 0 Å². The zero-order valence-corrected chi connectivity index (χ0v) is 11.9. The molecule has 0 radical (unpaired) electrons. The quantitative estimate of drug-likeness (QED) is 0.582. The van der Waals surface area contributed by atoms with Crippen molar-refractivity contribution in [2.24, 2.45) is 0 Å². The Bertz CT molecular complexity index is 409. The molecule has 0 saturated carbocycles. The Morgan fingerprint density at radius 1 is 1.47 bits per heavy atom. The molecule has 17 heavy (non-hydrogen) atoms. The summed E-state index contributed by atoms with van der Waals surface area (Å²) in [5, 5.41) is 1.06. The topological polar surface area (TPSA) is 9.23 Å². The molecule has 1 aromatic carbocycles.